The molecule has 1 saturated heterocycles. The Labute approximate surface area is 162 Å². The zero-order chi connectivity index (χ0) is 19.6. The van der Waals surface area contributed by atoms with Crippen LogP contribution in [0.3, 0.4) is 0 Å². The minimum Gasteiger partial charge on any atom is -0.762 e. The Morgan fingerprint density at radius 2 is 2.07 bits per heavy atom. The lowest BCUT2D eigenvalue weighted by atomic mass is 10.1. The van der Waals surface area contributed by atoms with Crippen molar-refractivity contribution in [3.63, 3.8) is 0 Å². The Morgan fingerprint density at radius 1 is 1.32 bits per heavy atom. The Morgan fingerprint density at radius 3 is 2.75 bits per heavy atom. The molecule has 4 rings (SSSR count). The van der Waals surface area contributed by atoms with Crippen molar-refractivity contribution in [2.45, 2.75) is 25.6 Å². The number of ether oxygens (including phenoxy) is 2. The summed E-state index contributed by atoms with van der Waals surface area (Å²) >= 11 is 0. The van der Waals surface area contributed by atoms with Crippen LogP contribution in [-0.2, 0) is 17.9 Å². The van der Waals surface area contributed by atoms with Crippen molar-refractivity contribution in [1.82, 2.24) is 30.1 Å². The van der Waals surface area contributed by atoms with Crippen LogP contribution in [0.25, 0.3) is 0 Å². The van der Waals surface area contributed by atoms with E-state index >= 15 is 0 Å². The highest BCUT2D eigenvalue weighted by molar-refractivity contribution is 5.32. The summed E-state index contributed by atoms with van der Waals surface area (Å²) in [5.74, 6) is 1.31. The molecule has 1 unspecified atom stereocenters. The molecule has 11 heteroatoms. The average Bonchev–Trinajstić information content (AvgIpc) is 3.21. The lowest BCUT2D eigenvalue weighted by Crippen LogP contribution is -2.44. The molecule has 0 bridgehead atoms. The number of aromatic nitrogens is 4. The third-order valence-corrected chi connectivity index (χ3v) is 4.69. The molecule has 2 aliphatic rings. The third kappa shape index (κ3) is 4.17. The van der Waals surface area contributed by atoms with Crippen LogP contribution < -0.4 is 19.7 Å². The van der Waals surface area contributed by atoms with Gasteiger partial charge in [0.25, 0.3) is 6.01 Å². The molecule has 0 radical (unpaired) electrons. The van der Waals surface area contributed by atoms with Gasteiger partial charge in [-0.1, -0.05) is 0 Å². The first-order chi connectivity index (χ1) is 13.5. The van der Waals surface area contributed by atoms with Crippen molar-refractivity contribution in [3.8, 4) is 11.8 Å². The first-order valence-corrected chi connectivity index (χ1v) is 9.19. The van der Waals surface area contributed by atoms with E-state index in [1.807, 2.05) is 11.5 Å². The standard InChI is InChI=1S/C17H24N7O4/c1-17(11-23-9-13(10-24(25)26-2)21-16(23)28-17)12-27-14-7-19-15(20-8-14)22-5-3-18-4-6-22/h7-9,18H,3-6,10-12H2,1-2H3/q-1. The van der Waals surface area contributed by atoms with Gasteiger partial charge in [-0.15, -0.1) is 0 Å². The summed E-state index contributed by atoms with van der Waals surface area (Å²) in [6, 6.07) is 0.468. The van der Waals surface area contributed by atoms with E-state index in [-0.39, 0.29) is 6.54 Å². The normalized spacial score (nSPS) is 21.6. The van der Waals surface area contributed by atoms with Crippen molar-refractivity contribution < 1.29 is 14.3 Å². The van der Waals surface area contributed by atoms with Gasteiger partial charge in [0, 0.05) is 32.4 Å². The molecule has 0 saturated carbocycles. The van der Waals surface area contributed by atoms with Gasteiger partial charge in [0.05, 0.1) is 38.3 Å². The largest absolute Gasteiger partial charge is 0.762 e. The molecule has 2 aliphatic heterocycles. The molecule has 1 atom stereocenters. The lowest BCUT2D eigenvalue weighted by molar-refractivity contribution is -0.0957. The van der Waals surface area contributed by atoms with Crippen molar-refractivity contribution in [1.29, 1.82) is 0 Å². The molecule has 0 amide bonds. The highest BCUT2D eigenvalue weighted by Crippen LogP contribution is 2.29. The maximum Gasteiger partial charge on any atom is 0.297 e. The number of anilines is 1. The molecule has 0 spiro atoms. The Balaban J connectivity index is 1.31. The molecule has 28 heavy (non-hydrogen) atoms. The van der Waals surface area contributed by atoms with Crippen LogP contribution in [-0.4, -0.2) is 70.2 Å². The van der Waals surface area contributed by atoms with Gasteiger partial charge < -0.3 is 29.7 Å². The number of hydroxylamine groups is 2. The smallest absolute Gasteiger partial charge is 0.297 e. The number of hydrogen-bond acceptors (Lipinski definition) is 10. The van der Waals surface area contributed by atoms with Crippen LogP contribution >= 0.6 is 0 Å². The maximum absolute atomic E-state index is 11.3. The summed E-state index contributed by atoms with van der Waals surface area (Å²) in [6.07, 6.45) is 5.16. The minimum absolute atomic E-state index is 0.0455. The molecule has 0 aliphatic carbocycles. The number of rotatable bonds is 7. The summed E-state index contributed by atoms with van der Waals surface area (Å²) in [5.41, 5.74) is 0.0305. The van der Waals surface area contributed by atoms with Crippen LogP contribution in [0.1, 0.15) is 12.6 Å². The fourth-order valence-electron chi connectivity index (χ4n) is 3.25. The van der Waals surface area contributed by atoms with E-state index in [1.54, 1.807) is 18.6 Å². The molecule has 11 nitrogen and oxygen atoms in total. The van der Waals surface area contributed by atoms with Crippen molar-refractivity contribution in [2.24, 2.45) is 0 Å². The van der Waals surface area contributed by atoms with E-state index in [9.17, 15) is 5.21 Å². The van der Waals surface area contributed by atoms with Crippen LogP contribution in [0.5, 0.6) is 11.8 Å². The quantitative estimate of drug-likeness (QED) is 0.657. The van der Waals surface area contributed by atoms with Crippen LogP contribution in [0, 0.1) is 5.21 Å². The minimum atomic E-state index is -0.559. The van der Waals surface area contributed by atoms with E-state index in [0.717, 1.165) is 26.2 Å². The monoisotopic (exact) mass is 390 g/mol. The Hall–Kier alpha value is -2.47. The topological polar surface area (TPSA) is 113 Å². The van der Waals surface area contributed by atoms with E-state index in [0.29, 0.717) is 41.8 Å². The summed E-state index contributed by atoms with van der Waals surface area (Å²) in [6.45, 7) is 6.56. The van der Waals surface area contributed by atoms with E-state index < -0.39 is 5.60 Å². The maximum atomic E-state index is 11.3. The SMILES string of the molecule is CON([O-])Cc1cn2c(n1)OC(C)(COc1cnc(N3CCNCC3)nc1)C2. The van der Waals surface area contributed by atoms with E-state index in [4.69, 9.17) is 9.47 Å². The number of piperazine rings is 1. The highest BCUT2D eigenvalue weighted by Gasteiger charge is 2.37. The van der Waals surface area contributed by atoms with Crippen LogP contribution in [0.15, 0.2) is 18.6 Å². The zero-order valence-corrected chi connectivity index (χ0v) is 16.0. The van der Waals surface area contributed by atoms with Gasteiger partial charge in [0.1, 0.15) is 6.61 Å². The Kier molecular flexibility index (Phi) is 5.31. The second-order valence-electron chi connectivity index (χ2n) is 7.11. The molecule has 4 heterocycles. The molecular weight excluding hydrogens is 366 g/mol. The fraction of sp³-hybridized carbons (Fsp3) is 0.588. The number of nitrogens with one attached hydrogen (secondary N) is 1. The molecule has 1 fully saturated rings. The second kappa shape index (κ2) is 7.87. The third-order valence-electron chi connectivity index (χ3n) is 4.69. The van der Waals surface area contributed by atoms with Gasteiger partial charge in [-0.2, -0.15) is 4.98 Å². The molecule has 0 aromatic carbocycles. The number of nitrogens with zero attached hydrogens (tertiary/aromatic N) is 6. The number of hydrogen-bond donors (Lipinski definition) is 1. The number of imidazole rings is 1. The Bertz CT molecular complexity index is 768. The van der Waals surface area contributed by atoms with Crippen LogP contribution in [0.2, 0.25) is 0 Å². The van der Waals surface area contributed by atoms with E-state index in [2.05, 4.69) is 30.0 Å². The van der Waals surface area contributed by atoms with Crippen LogP contribution in [0.4, 0.5) is 5.95 Å². The van der Waals surface area contributed by atoms with Gasteiger partial charge >= 0.3 is 0 Å². The first-order valence-electron chi connectivity index (χ1n) is 9.19. The summed E-state index contributed by atoms with van der Waals surface area (Å²) in [7, 11) is 1.32. The highest BCUT2D eigenvalue weighted by atomic mass is 16.9. The fourth-order valence-corrected chi connectivity index (χ4v) is 3.25. The molecule has 152 valence electrons. The number of fused-ring (bicyclic) bond motifs is 1. The molecule has 2 aromatic heterocycles. The summed E-state index contributed by atoms with van der Waals surface area (Å²) in [4.78, 5) is 19.9. The summed E-state index contributed by atoms with van der Waals surface area (Å²) < 4.78 is 13.7. The van der Waals surface area contributed by atoms with Crippen molar-refractivity contribution in [2.75, 3.05) is 44.8 Å². The molecular formula is C17H24N7O4-. The van der Waals surface area contributed by atoms with Crippen molar-refractivity contribution in [3.05, 3.63) is 29.5 Å². The second-order valence-corrected chi connectivity index (χ2v) is 7.11. The molecule has 2 aromatic rings. The van der Waals surface area contributed by atoms with Gasteiger partial charge in [-0.05, 0) is 6.92 Å². The van der Waals surface area contributed by atoms with Gasteiger partial charge in [0.15, 0.2) is 11.4 Å². The van der Waals surface area contributed by atoms with Gasteiger partial charge in [-0.25, -0.2) is 9.97 Å². The predicted octanol–water partition coefficient (Wildman–Crippen LogP) is 0.174. The summed E-state index contributed by atoms with van der Waals surface area (Å²) in [5, 5.41) is 15.1. The average molecular weight is 390 g/mol. The van der Waals surface area contributed by atoms with E-state index in [1.165, 1.54) is 7.11 Å². The first kappa shape index (κ1) is 18.9. The predicted molar refractivity (Wildman–Crippen MR) is 99.8 cm³/mol. The molecule has 1 N–H and O–H groups in total. The van der Waals surface area contributed by atoms with Gasteiger partial charge in [0.2, 0.25) is 5.95 Å². The van der Waals surface area contributed by atoms with Crippen molar-refractivity contribution >= 4 is 5.95 Å². The lowest BCUT2D eigenvalue weighted by Gasteiger charge is -2.27. The zero-order valence-electron chi connectivity index (χ0n) is 16.0. The van der Waals surface area contributed by atoms with Gasteiger partial charge in [-0.3, -0.25) is 9.79 Å².